The zero-order chi connectivity index (χ0) is 17.6. The molecule has 25 heavy (non-hydrogen) atoms. The molecule has 3 saturated heterocycles. The normalized spacial score (nSPS) is 29.5. The number of methoxy groups -OCH3 is 1. The Hall–Kier alpha value is -1.69. The maximum atomic E-state index is 11.2. The number of aromatic nitrogens is 1. The highest BCUT2D eigenvalue weighted by Crippen LogP contribution is 2.42. The highest BCUT2D eigenvalue weighted by Gasteiger charge is 2.42. The molecular weight excluding hydrogens is 332 g/mol. The molecule has 132 valence electrons. The van der Waals surface area contributed by atoms with Crippen LogP contribution in [0.4, 0.5) is 0 Å². The van der Waals surface area contributed by atoms with E-state index in [0.29, 0.717) is 16.5 Å². The smallest absolute Gasteiger partial charge is 0.119 e. The topological polar surface area (TPSA) is 48.5 Å². The molecule has 3 fully saturated rings. The fourth-order valence-corrected chi connectivity index (χ4v) is 4.78. The minimum Gasteiger partial charge on any atom is -0.497 e. The van der Waals surface area contributed by atoms with Crippen molar-refractivity contribution < 1.29 is 9.84 Å². The Labute approximate surface area is 153 Å². The molecule has 5 rings (SSSR count). The van der Waals surface area contributed by atoms with Crippen molar-refractivity contribution >= 4 is 23.1 Å². The number of aliphatic hydroxyl groups is 1. The van der Waals surface area contributed by atoms with Crippen LogP contribution < -0.4 is 4.74 Å². The van der Waals surface area contributed by atoms with E-state index in [9.17, 15) is 5.11 Å². The van der Waals surface area contributed by atoms with Gasteiger partial charge in [-0.2, -0.15) is 0 Å². The zero-order valence-electron chi connectivity index (χ0n) is 14.4. The number of ether oxygens (including phenoxy) is 1. The maximum Gasteiger partial charge on any atom is 0.119 e. The highest BCUT2D eigenvalue weighted by molar-refractivity contribution is 7.71. The van der Waals surface area contributed by atoms with E-state index in [2.05, 4.69) is 22.5 Å². The van der Waals surface area contributed by atoms with E-state index in [1.807, 2.05) is 24.3 Å². The summed E-state index contributed by atoms with van der Waals surface area (Å²) in [5.74, 6) is 1.96. The monoisotopic (exact) mass is 356 g/mol. The lowest BCUT2D eigenvalue weighted by molar-refractivity contribution is -0.0445. The van der Waals surface area contributed by atoms with Crippen molar-refractivity contribution in [3.8, 4) is 5.75 Å². The zero-order valence-corrected chi connectivity index (χ0v) is 15.3. The van der Waals surface area contributed by atoms with Crippen LogP contribution in [-0.4, -0.2) is 41.2 Å². The Morgan fingerprint density at radius 2 is 2.28 bits per heavy atom. The van der Waals surface area contributed by atoms with Gasteiger partial charge in [0.1, 0.15) is 10.4 Å². The molecule has 2 unspecified atom stereocenters. The molecule has 0 amide bonds. The van der Waals surface area contributed by atoms with Crippen molar-refractivity contribution in [3.63, 3.8) is 0 Å². The van der Waals surface area contributed by atoms with Crippen LogP contribution in [0.25, 0.3) is 10.9 Å². The molecule has 0 radical (unpaired) electrons. The minimum atomic E-state index is -0.556. The number of nitrogens with zero attached hydrogens (tertiary/aromatic N) is 1. The fourth-order valence-electron chi connectivity index (χ4n) is 4.54. The van der Waals surface area contributed by atoms with E-state index < -0.39 is 6.10 Å². The largest absolute Gasteiger partial charge is 0.497 e. The van der Waals surface area contributed by atoms with Crippen LogP contribution in [0, 0.1) is 16.5 Å². The number of rotatable bonds is 4. The van der Waals surface area contributed by atoms with Crippen molar-refractivity contribution in [2.45, 2.75) is 25.0 Å². The first kappa shape index (κ1) is 16.8. The van der Waals surface area contributed by atoms with Crippen LogP contribution in [0.1, 0.15) is 24.5 Å². The van der Waals surface area contributed by atoms with Crippen molar-refractivity contribution in [3.05, 3.63) is 47.1 Å². The summed E-state index contributed by atoms with van der Waals surface area (Å²) in [6, 6.07) is 7.88. The van der Waals surface area contributed by atoms with E-state index in [4.69, 9.17) is 17.0 Å². The average Bonchev–Trinajstić information content (AvgIpc) is 2.66. The summed E-state index contributed by atoms with van der Waals surface area (Å²) in [6.45, 7) is 6.03. The Morgan fingerprint density at radius 3 is 2.96 bits per heavy atom. The number of nitrogens with one attached hydrogen (secondary N) is 1. The summed E-state index contributed by atoms with van der Waals surface area (Å²) in [6.07, 6.45) is 3.73. The van der Waals surface area contributed by atoms with E-state index in [0.717, 1.165) is 41.7 Å². The van der Waals surface area contributed by atoms with Gasteiger partial charge in [0.15, 0.2) is 0 Å². The standard InChI is InChI=1S/C20H24N2O2S/c1-3-12-11-22-7-6-13(12)8-18(22)20(23)16-10-19(25)21-17-5-4-14(24-2)9-15(16)17/h3-5,9-10,12-13,18,20,23H,1,6-8,11H2,2H3,(H,21,25)/t12-,13?,18-,20+/m0/s1. The minimum absolute atomic E-state index is 0.140. The van der Waals surface area contributed by atoms with Crippen LogP contribution in [0.5, 0.6) is 5.75 Å². The molecule has 0 saturated carbocycles. The molecule has 3 aliphatic heterocycles. The molecule has 1 aromatic heterocycles. The summed E-state index contributed by atoms with van der Waals surface area (Å²) >= 11 is 5.39. The maximum absolute atomic E-state index is 11.2. The van der Waals surface area contributed by atoms with Gasteiger partial charge in [-0.05, 0) is 61.1 Å². The van der Waals surface area contributed by atoms with Crippen LogP contribution in [-0.2, 0) is 0 Å². The molecule has 2 N–H and O–H groups in total. The number of hydrogen-bond donors (Lipinski definition) is 2. The number of H-pyrrole nitrogens is 1. The first-order valence-electron chi connectivity index (χ1n) is 8.86. The van der Waals surface area contributed by atoms with Gasteiger partial charge < -0.3 is 14.8 Å². The second-order valence-electron chi connectivity index (χ2n) is 7.19. The second kappa shape index (κ2) is 6.56. The van der Waals surface area contributed by atoms with Crippen molar-refractivity contribution in [2.24, 2.45) is 11.8 Å². The molecule has 0 aliphatic carbocycles. The van der Waals surface area contributed by atoms with Gasteiger partial charge in [0.05, 0.1) is 13.2 Å². The van der Waals surface area contributed by atoms with Crippen molar-refractivity contribution in [1.29, 1.82) is 0 Å². The first-order valence-corrected chi connectivity index (χ1v) is 9.27. The molecule has 3 aliphatic rings. The predicted molar refractivity (Wildman–Crippen MR) is 102 cm³/mol. The third-order valence-electron chi connectivity index (χ3n) is 5.92. The SMILES string of the molecule is C=C[C@H]1CN2CCC1C[C@H]2[C@H](O)c1cc(=S)[nH]c2ccc(OC)cc12. The molecule has 5 atom stereocenters. The summed E-state index contributed by atoms with van der Waals surface area (Å²) in [5, 5.41) is 12.2. The van der Waals surface area contributed by atoms with Crippen LogP contribution in [0.2, 0.25) is 0 Å². The fraction of sp³-hybridized carbons (Fsp3) is 0.450. The first-order chi connectivity index (χ1) is 12.1. The quantitative estimate of drug-likeness (QED) is 0.646. The predicted octanol–water partition coefficient (Wildman–Crippen LogP) is 3.84. The van der Waals surface area contributed by atoms with Crippen LogP contribution in [0.15, 0.2) is 36.9 Å². The van der Waals surface area contributed by atoms with Gasteiger partial charge in [0.25, 0.3) is 0 Å². The van der Waals surface area contributed by atoms with Gasteiger partial charge in [-0.25, -0.2) is 0 Å². The number of pyridine rings is 1. The lowest BCUT2D eigenvalue weighted by atomic mass is 9.73. The number of piperidine rings is 3. The molecule has 4 heterocycles. The van der Waals surface area contributed by atoms with Gasteiger partial charge in [-0.1, -0.05) is 18.3 Å². The molecule has 0 spiro atoms. The van der Waals surface area contributed by atoms with Gasteiger partial charge in [0, 0.05) is 23.5 Å². The Balaban J connectivity index is 1.74. The number of benzene rings is 1. The third-order valence-corrected chi connectivity index (χ3v) is 6.14. The number of aromatic amines is 1. The number of aliphatic hydroxyl groups excluding tert-OH is 1. The van der Waals surface area contributed by atoms with E-state index >= 15 is 0 Å². The Morgan fingerprint density at radius 1 is 1.44 bits per heavy atom. The lowest BCUT2D eigenvalue weighted by Crippen LogP contribution is -2.54. The number of fused-ring (bicyclic) bond motifs is 4. The van der Waals surface area contributed by atoms with E-state index in [-0.39, 0.29) is 6.04 Å². The third kappa shape index (κ3) is 2.90. The molecule has 2 bridgehead atoms. The molecule has 4 nitrogen and oxygen atoms in total. The molecule has 2 aromatic rings. The number of hydrogen-bond acceptors (Lipinski definition) is 4. The van der Waals surface area contributed by atoms with Gasteiger partial charge in [0.2, 0.25) is 0 Å². The van der Waals surface area contributed by atoms with Crippen molar-refractivity contribution in [2.75, 3.05) is 20.2 Å². The van der Waals surface area contributed by atoms with E-state index in [1.165, 1.54) is 6.42 Å². The van der Waals surface area contributed by atoms with Gasteiger partial charge in [-0.15, -0.1) is 6.58 Å². The summed E-state index contributed by atoms with van der Waals surface area (Å²) in [7, 11) is 1.66. The Bertz CT molecular complexity index is 862. The highest BCUT2D eigenvalue weighted by atomic mass is 32.1. The summed E-state index contributed by atoms with van der Waals surface area (Å²) < 4.78 is 6.01. The van der Waals surface area contributed by atoms with Crippen LogP contribution >= 0.6 is 12.2 Å². The van der Waals surface area contributed by atoms with Gasteiger partial charge in [-0.3, -0.25) is 4.90 Å². The molecule has 5 heteroatoms. The average molecular weight is 356 g/mol. The van der Waals surface area contributed by atoms with Crippen molar-refractivity contribution in [1.82, 2.24) is 9.88 Å². The molecular formula is C20H24N2O2S. The summed E-state index contributed by atoms with van der Waals surface area (Å²) in [5.41, 5.74) is 1.83. The molecule has 1 aromatic carbocycles. The van der Waals surface area contributed by atoms with Gasteiger partial charge >= 0.3 is 0 Å². The lowest BCUT2D eigenvalue weighted by Gasteiger charge is -2.50. The van der Waals surface area contributed by atoms with E-state index in [1.54, 1.807) is 7.11 Å². The summed E-state index contributed by atoms with van der Waals surface area (Å²) in [4.78, 5) is 5.63. The second-order valence-corrected chi connectivity index (χ2v) is 7.63. The van der Waals surface area contributed by atoms with Crippen LogP contribution in [0.3, 0.4) is 0 Å². The Kier molecular flexibility index (Phi) is 4.40.